The van der Waals surface area contributed by atoms with Crippen molar-refractivity contribution < 1.29 is 14.7 Å². The molecule has 0 aromatic heterocycles. The highest BCUT2D eigenvalue weighted by atomic mass is 32.2. The minimum Gasteiger partial charge on any atom is -0.481 e. The Labute approximate surface area is 112 Å². The molecule has 1 rings (SSSR count). The maximum atomic E-state index is 11.9. The van der Waals surface area contributed by atoms with Gasteiger partial charge in [-0.25, -0.2) is 4.79 Å². The van der Waals surface area contributed by atoms with Crippen LogP contribution in [0.3, 0.4) is 0 Å². The maximum Gasteiger partial charge on any atom is 0.317 e. The number of carbonyl (C=O) groups excluding carboxylic acids is 1. The zero-order valence-corrected chi connectivity index (χ0v) is 11.7. The normalized spacial score (nSPS) is 17.9. The van der Waals surface area contributed by atoms with E-state index in [-0.39, 0.29) is 18.5 Å². The van der Waals surface area contributed by atoms with Gasteiger partial charge in [-0.3, -0.25) is 4.79 Å². The number of nitrogens with zero attached hydrogens (tertiary/aromatic N) is 1. The smallest absolute Gasteiger partial charge is 0.317 e. The van der Waals surface area contributed by atoms with E-state index < -0.39 is 5.97 Å². The number of rotatable bonds is 5. The van der Waals surface area contributed by atoms with Gasteiger partial charge in [0, 0.05) is 31.3 Å². The van der Waals surface area contributed by atoms with Gasteiger partial charge in [-0.05, 0) is 31.9 Å². The van der Waals surface area contributed by atoms with Gasteiger partial charge in [-0.2, -0.15) is 11.8 Å². The van der Waals surface area contributed by atoms with E-state index in [1.807, 2.05) is 23.6 Å². The predicted octanol–water partition coefficient (Wildman–Crippen LogP) is 1.78. The van der Waals surface area contributed by atoms with Crippen LogP contribution >= 0.6 is 11.8 Å². The lowest BCUT2D eigenvalue weighted by Crippen LogP contribution is -2.44. The molecule has 0 aromatic rings. The number of nitrogens with one attached hydrogen (secondary N) is 1. The van der Waals surface area contributed by atoms with Crippen LogP contribution in [0.4, 0.5) is 4.79 Å². The first-order valence-corrected chi connectivity index (χ1v) is 7.60. The number of thioether (sulfide) groups is 1. The lowest BCUT2D eigenvalue weighted by molar-refractivity contribution is -0.137. The molecule has 1 heterocycles. The largest absolute Gasteiger partial charge is 0.481 e. The number of urea groups is 1. The first kappa shape index (κ1) is 15.1. The maximum absolute atomic E-state index is 11.9. The monoisotopic (exact) mass is 274 g/mol. The molecule has 2 N–H and O–H groups in total. The predicted molar refractivity (Wildman–Crippen MR) is 73.0 cm³/mol. The van der Waals surface area contributed by atoms with Gasteiger partial charge >= 0.3 is 12.0 Å². The number of carboxylic acids is 1. The number of carbonyl (C=O) groups is 2. The van der Waals surface area contributed by atoms with E-state index in [2.05, 4.69) is 5.32 Å². The van der Waals surface area contributed by atoms with Crippen molar-refractivity contribution >= 4 is 23.8 Å². The van der Waals surface area contributed by atoms with Crippen LogP contribution in [0.25, 0.3) is 0 Å². The van der Waals surface area contributed by atoms with Crippen molar-refractivity contribution in [1.29, 1.82) is 0 Å². The Morgan fingerprint density at radius 2 is 2.17 bits per heavy atom. The highest BCUT2D eigenvalue weighted by Crippen LogP contribution is 2.10. The van der Waals surface area contributed by atoms with Gasteiger partial charge in [0.15, 0.2) is 0 Å². The fourth-order valence-electron chi connectivity index (χ4n) is 1.88. The Bertz CT molecular complexity index is 278. The second-order valence-corrected chi connectivity index (χ2v) is 5.81. The number of hydrogen-bond acceptors (Lipinski definition) is 3. The van der Waals surface area contributed by atoms with Crippen molar-refractivity contribution in [3.05, 3.63) is 0 Å². The Morgan fingerprint density at radius 3 is 2.89 bits per heavy atom. The summed E-state index contributed by atoms with van der Waals surface area (Å²) in [6.45, 7) is 3.55. The minimum atomic E-state index is -0.780. The van der Waals surface area contributed by atoms with Gasteiger partial charge in [-0.1, -0.05) is 0 Å². The number of hydrogen-bond donors (Lipinski definition) is 2. The molecule has 0 saturated carbocycles. The van der Waals surface area contributed by atoms with Gasteiger partial charge < -0.3 is 15.3 Å². The van der Waals surface area contributed by atoms with Crippen LogP contribution in [0.5, 0.6) is 0 Å². The van der Waals surface area contributed by atoms with Crippen LogP contribution < -0.4 is 5.32 Å². The van der Waals surface area contributed by atoms with Crippen LogP contribution in [0, 0.1) is 0 Å². The SMILES string of the molecule is CC(CCCC(=O)O)NC(=O)N1CCCSCC1. The fraction of sp³-hybridized carbons (Fsp3) is 0.833. The van der Waals surface area contributed by atoms with Gasteiger partial charge in [0.1, 0.15) is 0 Å². The molecular formula is C12H22N2O3S. The fourth-order valence-corrected chi connectivity index (χ4v) is 2.77. The van der Waals surface area contributed by atoms with Crippen LogP contribution in [0.1, 0.15) is 32.6 Å². The third kappa shape index (κ3) is 6.14. The van der Waals surface area contributed by atoms with E-state index in [4.69, 9.17) is 5.11 Å². The van der Waals surface area contributed by atoms with Crippen molar-refractivity contribution in [3.8, 4) is 0 Å². The number of amides is 2. The lowest BCUT2D eigenvalue weighted by atomic mass is 10.1. The third-order valence-corrected chi connectivity index (χ3v) is 3.96. The molecule has 0 spiro atoms. The average Bonchev–Trinajstić information content (AvgIpc) is 2.56. The molecule has 1 fully saturated rings. The summed E-state index contributed by atoms with van der Waals surface area (Å²) in [5.41, 5.74) is 0. The van der Waals surface area contributed by atoms with Crippen molar-refractivity contribution in [2.45, 2.75) is 38.6 Å². The summed E-state index contributed by atoms with van der Waals surface area (Å²) in [5, 5.41) is 11.5. The molecule has 1 aliphatic rings. The number of aliphatic carboxylic acids is 1. The van der Waals surface area contributed by atoms with Gasteiger partial charge in [0.05, 0.1) is 0 Å². The van der Waals surface area contributed by atoms with Crippen molar-refractivity contribution in [1.82, 2.24) is 10.2 Å². The van der Waals surface area contributed by atoms with E-state index in [9.17, 15) is 9.59 Å². The second kappa shape index (κ2) is 8.24. The molecule has 0 radical (unpaired) electrons. The third-order valence-electron chi connectivity index (χ3n) is 2.91. The second-order valence-electron chi connectivity index (χ2n) is 4.59. The average molecular weight is 274 g/mol. The standard InChI is InChI=1S/C12H22N2O3S/c1-10(4-2-5-11(15)16)13-12(17)14-6-3-8-18-9-7-14/h10H,2-9H2,1H3,(H,13,17)(H,15,16). The molecule has 1 atom stereocenters. The Morgan fingerprint density at radius 1 is 1.39 bits per heavy atom. The molecule has 104 valence electrons. The molecule has 18 heavy (non-hydrogen) atoms. The van der Waals surface area contributed by atoms with E-state index in [0.717, 1.165) is 31.0 Å². The molecule has 6 heteroatoms. The summed E-state index contributed by atoms with van der Waals surface area (Å²) in [7, 11) is 0. The van der Waals surface area contributed by atoms with Gasteiger partial charge in [0.25, 0.3) is 0 Å². The first-order valence-electron chi connectivity index (χ1n) is 6.44. The molecule has 1 aliphatic heterocycles. The lowest BCUT2D eigenvalue weighted by Gasteiger charge is -2.23. The Kier molecular flexibility index (Phi) is 6.93. The molecule has 0 bridgehead atoms. The van der Waals surface area contributed by atoms with Crippen molar-refractivity contribution in [2.75, 3.05) is 24.6 Å². The zero-order chi connectivity index (χ0) is 13.4. The highest BCUT2D eigenvalue weighted by Gasteiger charge is 2.17. The molecule has 1 saturated heterocycles. The minimum absolute atomic E-state index is 0.0136. The molecule has 5 nitrogen and oxygen atoms in total. The van der Waals surface area contributed by atoms with E-state index in [1.165, 1.54) is 0 Å². The highest BCUT2D eigenvalue weighted by molar-refractivity contribution is 7.99. The summed E-state index contributed by atoms with van der Waals surface area (Å²) in [4.78, 5) is 24.2. The van der Waals surface area contributed by atoms with E-state index >= 15 is 0 Å². The quantitative estimate of drug-likeness (QED) is 0.801. The summed E-state index contributed by atoms with van der Waals surface area (Å²) in [5.74, 6) is 1.34. The summed E-state index contributed by atoms with van der Waals surface area (Å²) < 4.78 is 0. The van der Waals surface area contributed by atoms with Crippen LogP contribution in [-0.2, 0) is 4.79 Å². The molecule has 0 aliphatic carbocycles. The molecule has 1 unspecified atom stereocenters. The van der Waals surface area contributed by atoms with Crippen LogP contribution in [0.2, 0.25) is 0 Å². The van der Waals surface area contributed by atoms with Crippen molar-refractivity contribution in [2.24, 2.45) is 0 Å². The van der Waals surface area contributed by atoms with Crippen LogP contribution in [0.15, 0.2) is 0 Å². The summed E-state index contributed by atoms with van der Waals surface area (Å²) >= 11 is 1.89. The number of carboxylic acid groups (broad SMARTS) is 1. The Hall–Kier alpha value is -0.910. The van der Waals surface area contributed by atoms with Crippen LogP contribution in [-0.4, -0.2) is 52.6 Å². The van der Waals surface area contributed by atoms with Crippen molar-refractivity contribution in [3.63, 3.8) is 0 Å². The molecule has 0 aromatic carbocycles. The zero-order valence-electron chi connectivity index (χ0n) is 10.9. The summed E-state index contributed by atoms with van der Waals surface area (Å²) in [6.07, 6.45) is 2.53. The first-order chi connectivity index (χ1) is 8.59. The van der Waals surface area contributed by atoms with E-state index in [0.29, 0.717) is 12.8 Å². The molecule has 2 amide bonds. The van der Waals surface area contributed by atoms with E-state index in [1.54, 1.807) is 0 Å². The summed E-state index contributed by atoms with van der Waals surface area (Å²) in [6, 6.07) is 0.0214. The topological polar surface area (TPSA) is 69.6 Å². The molecular weight excluding hydrogens is 252 g/mol. The van der Waals surface area contributed by atoms with Gasteiger partial charge in [-0.15, -0.1) is 0 Å². The Balaban J connectivity index is 2.22. The van der Waals surface area contributed by atoms with Gasteiger partial charge in [0.2, 0.25) is 0 Å².